The highest BCUT2D eigenvalue weighted by Crippen LogP contribution is 2.32. The van der Waals surface area contributed by atoms with Crippen molar-refractivity contribution in [1.82, 2.24) is 24.4 Å². The number of nitrogens with zero attached hydrogens (tertiary/aromatic N) is 7. The van der Waals surface area contributed by atoms with Gasteiger partial charge in [0.2, 0.25) is 0 Å². The summed E-state index contributed by atoms with van der Waals surface area (Å²) in [5.74, 6) is -0.267. The molecule has 1 aromatic carbocycles. The summed E-state index contributed by atoms with van der Waals surface area (Å²) < 4.78 is 41.5. The van der Waals surface area contributed by atoms with Gasteiger partial charge in [-0.05, 0) is 50.1 Å². The van der Waals surface area contributed by atoms with Crippen molar-refractivity contribution < 1.29 is 27.8 Å². The monoisotopic (exact) mass is 594 g/mol. The second kappa shape index (κ2) is 12.3. The average Bonchev–Trinajstić information content (AvgIpc) is 3.66. The molecule has 0 aliphatic carbocycles. The lowest BCUT2D eigenvalue weighted by Gasteiger charge is -2.33. The number of esters is 1. The number of anilines is 3. The molecule has 12 nitrogen and oxygen atoms in total. The largest absolute Gasteiger partial charge is 0.462 e. The van der Waals surface area contributed by atoms with E-state index in [1.165, 1.54) is 21.6 Å². The Hall–Kier alpha value is -4.59. The van der Waals surface area contributed by atoms with E-state index in [4.69, 9.17) is 9.47 Å². The molecule has 5 heterocycles. The summed E-state index contributed by atoms with van der Waals surface area (Å²) >= 11 is 0. The van der Waals surface area contributed by atoms with Gasteiger partial charge < -0.3 is 24.6 Å². The van der Waals surface area contributed by atoms with Crippen molar-refractivity contribution in [2.75, 3.05) is 61.1 Å². The summed E-state index contributed by atoms with van der Waals surface area (Å²) in [6.07, 6.45) is 3.03. The van der Waals surface area contributed by atoms with Crippen LogP contribution in [-0.2, 0) is 9.47 Å². The van der Waals surface area contributed by atoms with Crippen LogP contribution in [-0.4, -0.2) is 82.3 Å². The Morgan fingerprint density at radius 2 is 1.81 bits per heavy atom. The van der Waals surface area contributed by atoms with Crippen molar-refractivity contribution in [3.05, 3.63) is 65.7 Å². The number of alkyl halides is 2. The van der Waals surface area contributed by atoms with Crippen LogP contribution in [0, 0.1) is 0 Å². The molecule has 2 saturated heterocycles. The Balaban J connectivity index is 1.14. The molecule has 226 valence electrons. The SMILES string of the molecule is CCOC(=O)c1ccc(N2CCC(n3cc(NC(=O)c4cnn5ccc(N6CCOCC6)nc45)c(C(F)F)n3)CC2)cc1. The third-order valence-electron chi connectivity index (χ3n) is 7.73. The number of hydrogen-bond acceptors (Lipinski definition) is 9. The van der Waals surface area contributed by atoms with Gasteiger partial charge in [0.15, 0.2) is 11.3 Å². The Labute approximate surface area is 246 Å². The number of carbonyl (C=O) groups excluding carboxylic acids is 2. The van der Waals surface area contributed by atoms with Gasteiger partial charge in [-0.2, -0.15) is 10.2 Å². The van der Waals surface area contributed by atoms with Crippen LogP contribution in [0.5, 0.6) is 0 Å². The zero-order valence-electron chi connectivity index (χ0n) is 23.7. The van der Waals surface area contributed by atoms with E-state index in [0.717, 1.165) is 5.69 Å². The summed E-state index contributed by atoms with van der Waals surface area (Å²) in [5.41, 5.74) is 1.43. The van der Waals surface area contributed by atoms with Crippen LogP contribution in [0.3, 0.4) is 0 Å². The maximum Gasteiger partial charge on any atom is 0.338 e. The van der Waals surface area contributed by atoms with E-state index in [1.54, 1.807) is 25.3 Å². The molecular formula is C29H32F2N8O4. The van der Waals surface area contributed by atoms with Gasteiger partial charge in [-0.3, -0.25) is 9.48 Å². The molecular weight excluding hydrogens is 562 g/mol. The maximum atomic E-state index is 14.0. The molecule has 0 unspecified atom stereocenters. The fraction of sp³-hybridized carbons (Fsp3) is 0.414. The minimum absolute atomic E-state index is 0.0410. The summed E-state index contributed by atoms with van der Waals surface area (Å²) in [6, 6.07) is 8.92. The molecule has 1 amide bonds. The molecule has 1 N–H and O–H groups in total. The Morgan fingerprint density at radius 1 is 1.07 bits per heavy atom. The molecule has 6 rings (SSSR count). The number of halogens is 2. The lowest BCUT2D eigenvalue weighted by molar-refractivity contribution is 0.0526. The molecule has 0 saturated carbocycles. The third-order valence-corrected chi connectivity index (χ3v) is 7.73. The van der Waals surface area contributed by atoms with E-state index in [1.807, 2.05) is 18.2 Å². The number of fused-ring (bicyclic) bond motifs is 1. The van der Waals surface area contributed by atoms with Gasteiger partial charge in [-0.25, -0.2) is 23.1 Å². The van der Waals surface area contributed by atoms with Crippen LogP contribution in [0.4, 0.5) is 26.0 Å². The molecule has 3 aromatic heterocycles. The molecule has 2 fully saturated rings. The summed E-state index contributed by atoms with van der Waals surface area (Å²) in [6.45, 7) is 5.95. The van der Waals surface area contributed by atoms with Crippen LogP contribution in [0.1, 0.15) is 58.6 Å². The molecule has 0 radical (unpaired) electrons. The topological polar surface area (TPSA) is 119 Å². The first kappa shape index (κ1) is 28.5. The van der Waals surface area contributed by atoms with Crippen molar-refractivity contribution in [1.29, 1.82) is 0 Å². The highest BCUT2D eigenvalue weighted by molar-refractivity contribution is 6.08. The second-order valence-corrected chi connectivity index (χ2v) is 10.4. The first-order valence-corrected chi connectivity index (χ1v) is 14.3. The van der Waals surface area contributed by atoms with E-state index < -0.39 is 18.0 Å². The highest BCUT2D eigenvalue weighted by Gasteiger charge is 2.27. The minimum atomic E-state index is -2.87. The van der Waals surface area contributed by atoms with Crippen molar-refractivity contribution in [3.63, 3.8) is 0 Å². The smallest absolute Gasteiger partial charge is 0.338 e. The normalized spacial score (nSPS) is 16.2. The van der Waals surface area contributed by atoms with Crippen LogP contribution < -0.4 is 15.1 Å². The number of rotatable bonds is 8. The van der Waals surface area contributed by atoms with Gasteiger partial charge in [0.25, 0.3) is 12.3 Å². The molecule has 43 heavy (non-hydrogen) atoms. The Bertz CT molecular complexity index is 1590. The van der Waals surface area contributed by atoms with Crippen LogP contribution in [0.15, 0.2) is 48.9 Å². The van der Waals surface area contributed by atoms with Crippen molar-refractivity contribution >= 4 is 34.7 Å². The summed E-state index contributed by atoms with van der Waals surface area (Å²) in [7, 11) is 0. The zero-order chi connectivity index (χ0) is 29.9. The number of carbonyl (C=O) groups is 2. The Morgan fingerprint density at radius 3 is 2.51 bits per heavy atom. The lowest BCUT2D eigenvalue weighted by Crippen LogP contribution is -2.36. The molecule has 0 atom stereocenters. The van der Waals surface area contributed by atoms with Crippen LogP contribution in [0.25, 0.3) is 5.65 Å². The van der Waals surface area contributed by atoms with Crippen molar-refractivity contribution in [2.45, 2.75) is 32.2 Å². The molecule has 2 aliphatic heterocycles. The molecule has 14 heteroatoms. The number of piperidine rings is 1. The standard InChI is InChI=1S/C29H32F2N8O4/c1-2-43-29(41)19-3-5-20(6-4-19)36-10-7-21(8-11-36)39-18-23(25(35-39)26(30)31)33-28(40)22-17-32-38-12-9-24(34-27(22)38)37-13-15-42-16-14-37/h3-6,9,12,17-18,21,26H,2,7-8,10-11,13-16H2,1H3,(H,33,40). The van der Waals surface area contributed by atoms with Crippen LogP contribution >= 0.6 is 0 Å². The number of ether oxygens (including phenoxy) is 2. The van der Waals surface area contributed by atoms with Gasteiger partial charge >= 0.3 is 5.97 Å². The molecule has 2 aliphatic rings. The first-order chi connectivity index (χ1) is 20.9. The van der Waals surface area contributed by atoms with Gasteiger partial charge in [0.05, 0.1) is 43.3 Å². The fourth-order valence-electron chi connectivity index (χ4n) is 5.44. The van der Waals surface area contributed by atoms with Crippen molar-refractivity contribution in [3.8, 4) is 0 Å². The Kier molecular flexibility index (Phi) is 8.18. The van der Waals surface area contributed by atoms with E-state index in [-0.39, 0.29) is 23.3 Å². The van der Waals surface area contributed by atoms with E-state index in [0.29, 0.717) is 75.9 Å². The number of amides is 1. The van der Waals surface area contributed by atoms with Gasteiger partial charge in [0, 0.05) is 44.3 Å². The van der Waals surface area contributed by atoms with E-state index >= 15 is 0 Å². The zero-order valence-corrected chi connectivity index (χ0v) is 23.7. The number of morpholine rings is 1. The fourth-order valence-corrected chi connectivity index (χ4v) is 5.44. The number of hydrogen-bond donors (Lipinski definition) is 1. The highest BCUT2D eigenvalue weighted by atomic mass is 19.3. The lowest BCUT2D eigenvalue weighted by atomic mass is 10.0. The second-order valence-electron chi connectivity index (χ2n) is 10.4. The summed E-state index contributed by atoms with van der Waals surface area (Å²) in [5, 5.41) is 11.0. The van der Waals surface area contributed by atoms with Gasteiger partial charge in [-0.1, -0.05) is 0 Å². The van der Waals surface area contributed by atoms with Gasteiger partial charge in [0.1, 0.15) is 11.4 Å². The molecule has 0 spiro atoms. The number of nitrogens with one attached hydrogen (secondary N) is 1. The van der Waals surface area contributed by atoms with E-state index in [2.05, 4.69) is 30.3 Å². The third kappa shape index (κ3) is 6.00. The predicted molar refractivity (Wildman–Crippen MR) is 154 cm³/mol. The predicted octanol–water partition coefficient (Wildman–Crippen LogP) is 3.97. The summed E-state index contributed by atoms with van der Waals surface area (Å²) in [4.78, 5) is 34.1. The average molecular weight is 595 g/mol. The minimum Gasteiger partial charge on any atom is -0.462 e. The quantitative estimate of drug-likeness (QED) is 0.302. The first-order valence-electron chi connectivity index (χ1n) is 14.3. The van der Waals surface area contributed by atoms with Gasteiger partial charge in [-0.15, -0.1) is 0 Å². The molecule has 4 aromatic rings. The van der Waals surface area contributed by atoms with Crippen molar-refractivity contribution in [2.24, 2.45) is 0 Å². The molecule has 0 bridgehead atoms. The number of benzene rings is 1. The van der Waals surface area contributed by atoms with E-state index in [9.17, 15) is 18.4 Å². The van der Waals surface area contributed by atoms with Crippen LogP contribution in [0.2, 0.25) is 0 Å². The maximum absolute atomic E-state index is 14.0. The number of aromatic nitrogens is 5.